The second-order valence-corrected chi connectivity index (χ2v) is 11.7. The van der Waals surface area contributed by atoms with Crippen LogP contribution >= 0.6 is 0 Å². The number of carbonyl (C=O) groups is 2. The van der Waals surface area contributed by atoms with Gasteiger partial charge in [-0.1, -0.05) is 54.6 Å². The highest BCUT2D eigenvalue weighted by atomic mass is 16.5. The first-order valence-electron chi connectivity index (χ1n) is 14.5. The molecule has 0 aromatic heterocycles. The third-order valence-electron chi connectivity index (χ3n) is 9.40. The SMILES string of the molecule is O=C(O)N1CCC(COc2ccc(C3=CCC(C(=O)N4CCC5(C=Cc6ccccc65)CC4)CC3)cc2)CC1. The number of fused-ring (bicyclic) bond motifs is 2. The number of hydrogen-bond acceptors (Lipinski definition) is 3. The van der Waals surface area contributed by atoms with Crippen molar-refractivity contribution < 1.29 is 19.4 Å². The summed E-state index contributed by atoms with van der Waals surface area (Å²) >= 11 is 0. The van der Waals surface area contributed by atoms with Crippen LogP contribution in [0.2, 0.25) is 0 Å². The lowest BCUT2D eigenvalue weighted by molar-refractivity contribution is -0.137. The molecule has 2 saturated heterocycles. The molecular formula is C33H38N2O4. The second-order valence-electron chi connectivity index (χ2n) is 11.7. The van der Waals surface area contributed by atoms with Crippen molar-refractivity contribution >= 4 is 23.6 Å². The lowest BCUT2D eigenvalue weighted by Gasteiger charge is -2.40. The summed E-state index contributed by atoms with van der Waals surface area (Å²) < 4.78 is 6.01. The highest BCUT2D eigenvalue weighted by molar-refractivity contribution is 5.81. The van der Waals surface area contributed by atoms with Crippen molar-refractivity contribution in [3.05, 3.63) is 77.4 Å². The summed E-state index contributed by atoms with van der Waals surface area (Å²) in [7, 11) is 0. The monoisotopic (exact) mass is 526 g/mol. The van der Waals surface area contributed by atoms with Gasteiger partial charge in [-0.15, -0.1) is 0 Å². The number of rotatable bonds is 5. The lowest BCUT2D eigenvalue weighted by Crippen LogP contribution is -2.46. The Balaban J connectivity index is 0.978. The van der Waals surface area contributed by atoms with Crippen molar-refractivity contribution in [2.24, 2.45) is 11.8 Å². The summed E-state index contributed by atoms with van der Waals surface area (Å²) in [5, 5.41) is 9.10. The highest BCUT2D eigenvalue weighted by Crippen LogP contribution is 2.44. The molecule has 6 rings (SSSR count). The number of amides is 2. The smallest absolute Gasteiger partial charge is 0.407 e. The average molecular weight is 527 g/mol. The van der Waals surface area contributed by atoms with E-state index in [4.69, 9.17) is 9.84 Å². The molecule has 2 aliphatic heterocycles. The maximum atomic E-state index is 13.4. The Morgan fingerprint density at radius 2 is 1.67 bits per heavy atom. The summed E-state index contributed by atoms with van der Waals surface area (Å²) in [5.74, 6) is 1.66. The molecule has 1 N–H and O–H groups in total. The molecule has 39 heavy (non-hydrogen) atoms. The van der Waals surface area contributed by atoms with E-state index >= 15 is 0 Å². The van der Waals surface area contributed by atoms with Crippen LogP contribution in [0.25, 0.3) is 11.6 Å². The second kappa shape index (κ2) is 10.9. The predicted octanol–water partition coefficient (Wildman–Crippen LogP) is 6.23. The van der Waals surface area contributed by atoms with Crippen molar-refractivity contribution in [1.82, 2.24) is 9.80 Å². The first-order valence-corrected chi connectivity index (χ1v) is 14.5. The topological polar surface area (TPSA) is 70.1 Å². The van der Waals surface area contributed by atoms with Gasteiger partial charge in [-0.25, -0.2) is 4.79 Å². The van der Waals surface area contributed by atoms with Crippen molar-refractivity contribution in [2.45, 2.75) is 50.4 Å². The summed E-state index contributed by atoms with van der Waals surface area (Å²) in [5.41, 5.74) is 5.40. The summed E-state index contributed by atoms with van der Waals surface area (Å²) in [6.07, 6.45) is 12.4. The maximum Gasteiger partial charge on any atom is 0.407 e. The van der Waals surface area contributed by atoms with Crippen LogP contribution in [0.1, 0.15) is 61.6 Å². The zero-order chi connectivity index (χ0) is 26.8. The predicted molar refractivity (Wildman–Crippen MR) is 153 cm³/mol. The molecule has 1 spiro atoms. The van der Waals surface area contributed by atoms with Gasteiger partial charge in [-0.3, -0.25) is 4.79 Å². The number of carbonyl (C=O) groups excluding carboxylic acids is 1. The molecule has 6 heteroatoms. The Labute approximate surface area is 231 Å². The summed E-state index contributed by atoms with van der Waals surface area (Å²) in [4.78, 5) is 28.0. The van der Waals surface area contributed by atoms with Gasteiger partial charge in [0.2, 0.25) is 5.91 Å². The van der Waals surface area contributed by atoms with E-state index in [-0.39, 0.29) is 11.3 Å². The molecule has 0 radical (unpaired) electrons. The number of hydrogen-bond donors (Lipinski definition) is 1. The Hall–Kier alpha value is -3.54. The number of likely N-dealkylation sites (tertiary alicyclic amines) is 2. The van der Waals surface area contributed by atoms with Gasteiger partial charge in [0.1, 0.15) is 5.75 Å². The standard InChI is InChI=1S/C33H38N2O4/c36-31(34-21-17-33(18-22-34)16-13-27-3-1-2-4-30(27)33)28-7-5-25(6-8-28)26-9-11-29(12-10-26)39-23-24-14-19-35(20-15-24)32(37)38/h1-5,9-13,16,24,28H,6-8,14-15,17-23H2,(H,37,38). The van der Waals surface area contributed by atoms with Gasteiger partial charge < -0.3 is 19.6 Å². The molecule has 1 unspecified atom stereocenters. The van der Waals surface area contributed by atoms with Crippen LogP contribution in [0.4, 0.5) is 4.79 Å². The van der Waals surface area contributed by atoms with Gasteiger partial charge in [0, 0.05) is 37.5 Å². The molecule has 6 nitrogen and oxygen atoms in total. The van der Waals surface area contributed by atoms with Gasteiger partial charge >= 0.3 is 6.09 Å². The summed E-state index contributed by atoms with van der Waals surface area (Å²) in [6.45, 7) is 3.48. The van der Waals surface area contributed by atoms with Gasteiger partial charge in [-0.05, 0) is 85.3 Å². The van der Waals surface area contributed by atoms with Gasteiger partial charge in [-0.2, -0.15) is 0 Å². The van der Waals surface area contributed by atoms with Crippen LogP contribution in [0.3, 0.4) is 0 Å². The van der Waals surface area contributed by atoms with Crippen molar-refractivity contribution in [1.29, 1.82) is 0 Å². The summed E-state index contributed by atoms with van der Waals surface area (Å²) in [6, 6.07) is 17.0. The van der Waals surface area contributed by atoms with Crippen molar-refractivity contribution in [3.63, 3.8) is 0 Å². The quantitative estimate of drug-likeness (QED) is 0.502. The molecule has 2 aromatic carbocycles. The average Bonchev–Trinajstić information content (AvgIpc) is 3.34. The molecule has 0 bridgehead atoms. The fourth-order valence-corrected chi connectivity index (χ4v) is 6.85. The van der Waals surface area contributed by atoms with Crippen LogP contribution in [0.5, 0.6) is 5.75 Å². The van der Waals surface area contributed by atoms with Crippen LogP contribution < -0.4 is 4.74 Å². The Bertz CT molecular complexity index is 1260. The van der Waals surface area contributed by atoms with Crippen molar-refractivity contribution in [2.75, 3.05) is 32.8 Å². The van der Waals surface area contributed by atoms with E-state index < -0.39 is 6.09 Å². The number of ether oxygens (including phenoxy) is 1. The molecule has 1 atom stereocenters. The number of carboxylic acid groups (broad SMARTS) is 1. The number of nitrogens with zero attached hydrogens (tertiary/aromatic N) is 2. The molecule has 4 aliphatic rings. The molecule has 2 amide bonds. The van der Waals surface area contributed by atoms with Crippen LogP contribution in [-0.4, -0.2) is 59.7 Å². The van der Waals surface area contributed by atoms with Crippen LogP contribution in [0.15, 0.2) is 60.7 Å². The molecule has 2 aromatic rings. The highest BCUT2D eigenvalue weighted by Gasteiger charge is 2.40. The van der Waals surface area contributed by atoms with Gasteiger partial charge in [0.05, 0.1) is 6.61 Å². The van der Waals surface area contributed by atoms with Gasteiger partial charge in [0.15, 0.2) is 0 Å². The molecule has 2 aliphatic carbocycles. The minimum absolute atomic E-state index is 0.0874. The Morgan fingerprint density at radius 3 is 2.36 bits per heavy atom. The normalized spacial score (nSPS) is 22.5. The number of benzene rings is 2. The van der Waals surface area contributed by atoms with E-state index in [1.54, 1.807) is 0 Å². The van der Waals surface area contributed by atoms with E-state index in [1.807, 2.05) is 12.1 Å². The Morgan fingerprint density at radius 1 is 0.923 bits per heavy atom. The third-order valence-corrected chi connectivity index (χ3v) is 9.40. The van der Waals surface area contributed by atoms with Crippen molar-refractivity contribution in [3.8, 4) is 5.75 Å². The number of piperidine rings is 2. The zero-order valence-corrected chi connectivity index (χ0v) is 22.6. The van der Waals surface area contributed by atoms with E-state index in [2.05, 4.69) is 59.5 Å². The molecule has 0 saturated carbocycles. The minimum atomic E-state index is -0.828. The first-order chi connectivity index (χ1) is 19.0. The van der Waals surface area contributed by atoms with Crippen LogP contribution in [0, 0.1) is 11.8 Å². The Kier molecular flexibility index (Phi) is 7.20. The largest absolute Gasteiger partial charge is 0.493 e. The van der Waals surface area contributed by atoms with Crippen LogP contribution in [-0.2, 0) is 10.2 Å². The zero-order valence-electron chi connectivity index (χ0n) is 22.6. The van der Waals surface area contributed by atoms with Gasteiger partial charge in [0.25, 0.3) is 0 Å². The fraction of sp³-hybridized carbons (Fsp3) is 0.455. The molecule has 2 heterocycles. The molecule has 2 fully saturated rings. The molecule has 204 valence electrons. The number of allylic oxidation sites excluding steroid dienone is 3. The molecular weight excluding hydrogens is 488 g/mol. The van der Waals surface area contributed by atoms with E-state index in [9.17, 15) is 9.59 Å². The fourth-order valence-electron chi connectivity index (χ4n) is 6.85. The maximum absolute atomic E-state index is 13.4. The minimum Gasteiger partial charge on any atom is -0.493 e. The van der Waals surface area contributed by atoms with E-state index in [0.717, 1.165) is 63.8 Å². The third kappa shape index (κ3) is 5.34. The lowest BCUT2D eigenvalue weighted by atomic mass is 9.74. The van der Waals surface area contributed by atoms with E-state index in [1.165, 1.54) is 27.2 Å². The first kappa shape index (κ1) is 25.7. The van der Waals surface area contributed by atoms with E-state index in [0.29, 0.717) is 31.5 Å².